The monoisotopic (exact) mass is 240 g/mol. The molecular formula is C12H13ClO3. The Morgan fingerprint density at radius 3 is 3.00 bits per heavy atom. The molecule has 2 rings (SSSR count). The third kappa shape index (κ3) is 2.36. The van der Waals surface area contributed by atoms with Gasteiger partial charge in [0.15, 0.2) is 0 Å². The van der Waals surface area contributed by atoms with Gasteiger partial charge in [0.25, 0.3) is 0 Å². The van der Waals surface area contributed by atoms with Crippen LogP contribution in [0.25, 0.3) is 0 Å². The fraction of sp³-hybridized carbons (Fsp3) is 0.417. The number of carbonyl (C=O) groups is 1. The van der Waals surface area contributed by atoms with Crippen LogP contribution in [0.4, 0.5) is 0 Å². The second-order valence-corrected chi connectivity index (χ2v) is 4.41. The molecule has 0 spiro atoms. The van der Waals surface area contributed by atoms with E-state index in [1.165, 1.54) is 0 Å². The largest absolute Gasteiger partial charge is 0.481 e. The number of aliphatic carboxylic acids is 1. The van der Waals surface area contributed by atoms with Crippen LogP contribution in [0.15, 0.2) is 24.3 Å². The van der Waals surface area contributed by atoms with Gasteiger partial charge in [-0.1, -0.05) is 23.7 Å². The zero-order valence-electron chi connectivity index (χ0n) is 8.73. The quantitative estimate of drug-likeness (QED) is 0.864. The predicted octanol–water partition coefficient (Wildman–Crippen LogP) is 2.54. The van der Waals surface area contributed by atoms with Crippen molar-refractivity contribution in [1.29, 1.82) is 0 Å². The van der Waals surface area contributed by atoms with Crippen LogP contribution in [0.3, 0.4) is 0 Å². The van der Waals surface area contributed by atoms with Crippen LogP contribution in [0.5, 0.6) is 0 Å². The molecule has 1 N–H and O–H groups in total. The van der Waals surface area contributed by atoms with Crippen molar-refractivity contribution in [2.45, 2.75) is 12.3 Å². The third-order valence-corrected chi connectivity index (χ3v) is 3.19. The molecule has 1 aromatic carbocycles. The molecule has 16 heavy (non-hydrogen) atoms. The minimum atomic E-state index is -0.801. The number of hydrogen-bond donors (Lipinski definition) is 1. The van der Waals surface area contributed by atoms with Crippen LogP contribution >= 0.6 is 11.6 Å². The fourth-order valence-electron chi connectivity index (χ4n) is 2.12. The molecule has 1 saturated heterocycles. The van der Waals surface area contributed by atoms with Gasteiger partial charge in [-0.25, -0.2) is 0 Å². The summed E-state index contributed by atoms with van der Waals surface area (Å²) in [5, 5.41) is 9.77. The molecule has 0 aromatic heterocycles. The number of ether oxygens (including phenoxy) is 1. The molecule has 3 nitrogen and oxygen atoms in total. The molecule has 86 valence electrons. The first-order chi connectivity index (χ1) is 7.68. The van der Waals surface area contributed by atoms with E-state index in [0.29, 0.717) is 11.6 Å². The summed E-state index contributed by atoms with van der Waals surface area (Å²) in [7, 11) is 0. The molecule has 4 heteroatoms. The zero-order valence-corrected chi connectivity index (χ0v) is 9.48. The van der Waals surface area contributed by atoms with E-state index in [1.54, 1.807) is 6.07 Å². The minimum Gasteiger partial charge on any atom is -0.481 e. The van der Waals surface area contributed by atoms with Crippen LogP contribution in [0.2, 0.25) is 5.02 Å². The average Bonchev–Trinajstić information content (AvgIpc) is 2.29. The Hall–Kier alpha value is -1.06. The van der Waals surface area contributed by atoms with Gasteiger partial charge in [0, 0.05) is 17.5 Å². The summed E-state index contributed by atoms with van der Waals surface area (Å²) in [5.41, 5.74) is 0.989. The van der Waals surface area contributed by atoms with Crippen molar-refractivity contribution >= 4 is 17.6 Å². The van der Waals surface area contributed by atoms with Gasteiger partial charge in [0.05, 0.1) is 12.5 Å². The van der Waals surface area contributed by atoms with Crippen molar-refractivity contribution in [2.24, 2.45) is 5.92 Å². The summed E-state index contributed by atoms with van der Waals surface area (Å²) in [6.07, 6.45) is 0.733. The minimum absolute atomic E-state index is 0.00458. The number of rotatable bonds is 2. The Morgan fingerprint density at radius 2 is 2.31 bits per heavy atom. The topological polar surface area (TPSA) is 46.5 Å². The second kappa shape index (κ2) is 4.85. The van der Waals surface area contributed by atoms with Crippen molar-refractivity contribution in [1.82, 2.24) is 0 Å². The van der Waals surface area contributed by atoms with Gasteiger partial charge in [0.2, 0.25) is 0 Å². The first-order valence-corrected chi connectivity index (χ1v) is 5.62. The summed E-state index contributed by atoms with van der Waals surface area (Å²) in [5.74, 6) is -1.26. The van der Waals surface area contributed by atoms with Crippen molar-refractivity contribution < 1.29 is 14.6 Å². The Labute approximate surface area is 99.0 Å². The highest BCUT2D eigenvalue weighted by atomic mass is 35.5. The number of halogens is 1. The third-order valence-electron chi connectivity index (χ3n) is 2.95. The molecule has 0 aliphatic carbocycles. The van der Waals surface area contributed by atoms with E-state index in [0.717, 1.165) is 12.0 Å². The molecule has 2 atom stereocenters. The molecular weight excluding hydrogens is 228 g/mol. The highest BCUT2D eigenvalue weighted by molar-refractivity contribution is 6.30. The maximum atomic E-state index is 11.1. The van der Waals surface area contributed by atoms with Crippen LogP contribution in [0, 0.1) is 5.92 Å². The summed E-state index contributed by atoms with van der Waals surface area (Å²) < 4.78 is 5.21. The predicted molar refractivity (Wildman–Crippen MR) is 60.8 cm³/mol. The number of carboxylic acid groups (broad SMARTS) is 1. The summed E-state index contributed by atoms with van der Waals surface area (Å²) in [6, 6.07) is 7.41. The molecule has 1 heterocycles. The Kier molecular flexibility index (Phi) is 3.46. The first-order valence-electron chi connectivity index (χ1n) is 5.24. The molecule has 1 aromatic rings. The molecule has 0 bridgehead atoms. The van der Waals surface area contributed by atoms with E-state index in [2.05, 4.69) is 0 Å². The smallest absolute Gasteiger partial charge is 0.309 e. The Bertz CT molecular complexity index is 392. The summed E-state index contributed by atoms with van der Waals surface area (Å²) >= 11 is 5.91. The number of benzene rings is 1. The van der Waals surface area contributed by atoms with E-state index in [4.69, 9.17) is 21.4 Å². The van der Waals surface area contributed by atoms with Crippen LogP contribution in [-0.4, -0.2) is 24.3 Å². The highest BCUT2D eigenvalue weighted by Gasteiger charge is 2.32. The fourth-order valence-corrected chi connectivity index (χ4v) is 2.32. The Balaban J connectivity index is 2.26. The van der Waals surface area contributed by atoms with Gasteiger partial charge in [-0.15, -0.1) is 0 Å². The lowest BCUT2D eigenvalue weighted by Crippen LogP contribution is -2.32. The highest BCUT2D eigenvalue weighted by Crippen LogP contribution is 2.33. The van der Waals surface area contributed by atoms with Crippen LogP contribution in [-0.2, 0) is 9.53 Å². The van der Waals surface area contributed by atoms with E-state index in [9.17, 15) is 4.79 Å². The molecule has 1 aliphatic heterocycles. The van der Waals surface area contributed by atoms with Crippen molar-refractivity contribution in [3.63, 3.8) is 0 Å². The van der Waals surface area contributed by atoms with Crippen molar-refractivity contribution in [2.75, 3.05) is 13.2 Å². The van der Waals surface area contributed by atoms with E-state index < -0.39 is 11.9 Å². The first kappa shape index (κ1) is 11.4. The maximum absolute atomic E-state index is 11.1. The van der Waals surface area contributed by atoms with Gasteiger partial charge in [-0.3, -0.25) is 4.79 Å². The van der Waals surface area contributed by atoms with E-state index in [1.807, 2.05) is 18.2 Å². The summed E-state index contributed by atoms with van der Waals surface area (Å²) in [6.45, 7) is 0.896. The number of hydrogen-bond acceptors (Lipinski definition) is 2. The molecule has 2 unspecified atom stereocenters. The molecule has 1 fully saturated rings. The Morgan fingerprint density at radius 1 is 1.50 bits per heavy atom. The van der Waals surface area contributed by atoms with Gasteiger partial charge in [-0.05, 0) is 24.1 Å². The van der Waals surface area contributed by atoms with Gasteiger partial charge < -0.3 is 9.84 Å². The lowest BCUT2D eigenvalue weighted by molar-refractivity contribution is -0.147. The molecule has 0 saturated carbocycles. The lowest BCUT2D eigenvalue weighted by Gasteiger charge is -2.29. The molecule has 1 aliphatic rings. The van der Waals surface area contributed by atoms with Crippen LogP contribution in [0.1, 0.15) is 17.9 Å². The van der Waals surface area contributed by atoms with Crippen molar-refractivity contribution in [3.05, 3.63) is 34.9 Å². The molecule has 0 radical (unpaired) electrons. The SMILES string of the molecule is O=C(O)C1COCCC1c1cccc(Cl)c1. The molecule has 0 amide bonds. The number of carboxylic acids is 1. The van der Waals surface area contributed by atoms with E-state index in [-0.39, 0.29) is 12.5 Å². The average molecular weight is 241 g/mol. The van der Waals surface area contributed by atoms with Crippen LogP contribution < -0.4 is 0 Å². The summed E-state index contributed by atoms with van der Waals surface area (Å²) in [4.78, 5) is 11.1. The van der Waals surface area contributed by atoms with Gasteiger partial charge in [0.1, 0.15) is 0 Å². The van der Waals surface area contributed by atoms with Gasteiger partial charge in [-0.2, -0.15) is 0 Å². The lowest BCUT2D eigenvalue weighted by atomic mass is 9.83. The van der Waals surface area contributed by atoms with E-state index >= 15 is 0 Å². The normalized spacial score (nSPS) is 25.3. The zero-order chi connectivity index (χ0) is 11.5. The second-order valence-electron chi connectivity index (χ2n) is 3.97. The van der Waals surface area contributed by atoms with Gasteiger partial charge >= 0.3 is 5.97 Å². The maximum Gasteiger partial charge on any atom is 0.309 e. The van der Waals surface area contributed by atoms with Crippen molar-refractivity contribution in [3.8, 4) is 0 Å². The standard InChI is InChI=1S/C12H13ClO3/c13-9-3-1-2-8(6-9)10-4-5-16-7-11(10)12(14)15/h1-3,6,10-11H,4-5,7H2,(H,14,15).